The number of thiazole rings is 1. The molecule has 0 amide bonds. The van der Waals surface area contributed by atoms with Crippen LogP contribution in [0.1, 0.15) is 10.6 Å². The highest BCUT2D eigenvalue weighted by Crippen LogP contribution is 2.23. The fourth-order valence-electron chi connectivity index (χ4n) is 3.20. The number of piperazine rings is 1. The molecule has 1 aliphatic rings. The van der Waals surface area contributed by atoms with Crippen molar-refractivity contribution in [2.24, 2.45) is 0 Å². The summed E-state index contributed by atoms with van der Waals surface area (Å²) >= 11 is 1.74. The quantitative estimate of drug-likeness (QED) is 0.704. The first-order valence-corrected chi connectivity index (χ1v) is 9.23. The highest BCUT2D eigenvalue weighted by atomic mass is 32.1. The molecule has 6 heteroatoms. The van der Waals surface area contributed by atoms with Gasteiger partial charge in [0.15, 0.2) is 11.6 Å². The van der Waals surface area contributed by atoms with Crippen molar-refractivity contribution >= 4 is 21.6 Å². The van der Waals surface area contributed by atoms with E-state index in [4.69, 9.17) is 0 Å². The third kappa shape index (κ3) is 3.71. The molecule has 2 heterocycles. The summed E-state index contributed by atoms with van der Waals surface area (Å²) in [6.07, 6.45) is 0. The topological polar surface area (TPSA) is 19.4 Å². The third-order valence-electron chi connectivity index (χ3n) is 4.59. The van der Waals surface area contributed by atoms with Gasteiger partial charge in [-0.1, -0.05) is 24.3 Å². The summed E-state index contributed by atoms with van der Waals surface area (Å²) < 4.78 is 28.3. The SMILES string of the molecule is Fc1cccc(CN2CCN(Cc3nc4ccccc4s3)CC2)c1F. The zero-order valence-electron chi connectivity index (χ0n) is 13.8. The Morgan fingerprint density at radius 3 is 2.36 bits per heavy atom. The Kier molecular flexibility index (Phi) is 4.74. The van der Waals surface area contributed by atoms with Crippen molar-refractivity contribution in [3.63, 3.8) is 0 Å². The van der Waals surface area contributed by atoms with Gasteiger partial charge in [-0.2, -0.15) is 0 Å². The largest absolute Gasteiger partial charge is 0.296 e. The van der Waals surface area contributed by atoms with Crippen molar-refractivity contribution in [1.29, 1.82) is 0 Å². The number of hydrogen-bond acceptors (Lipinski definition) is 4. The molecule has 1 fully saturated rings. The lowest BCUT2D eigenvalue weighted by atomic mass is 10.1. The summed E-state index contributed by atoms with van der Waals surface area (Å²) in [4.78, 5) is 9.23. The van der Waals surface area contributed by atoms with Crippen LogP contribution in [0.25, 0.3) is 10.2 Å². The van der Waals surface area contributed by atoms with Crippen LogP contribution < -0.4 is 0 Å². The van der Waals surface area contributed by atoms with Crippen LogP contribution in [0.5, 0.6) is 0 Å². The predicted molar refractivity (Wildman–Crippen MR) is 96.5 cm³/mol. The standard InChI is InChI=1S/C19H19F2N3S/c20-15-5-3-4-14(19(15)21)12-23-8-10-24(11-9-23)13-18-22-16-6-1-2-7-17(16)25-18/h1-7H,8-13H2. The van der Waals surface area contributed by atoms with Gasteiger partial charge in [-0.3, -0.25) is 9.80 Å². The molecule has 0 bridgehead atoms. The lowest BCUT2D eigenvalue weighted by Gasteiger charge is -2.34. The van der Waals surface area contributed by atoms with Crippen LogP contribution in [0.3, 0.4) is 0 Å². The Morgan fingerprint density at radius 1 is 0.880 bits per heavy atom. The van der Waals surface area contributed by atoms with Crippen LogP contribution in [0.2, 0.25) is 0 Å². The van der Waals surface area contributed by atoms with Crippen LogP contribution in [0.4, 0.5) is 8.78 Å². The monoisotopic (exact) mass is 359 g/mol. The Bertz CT molecular complexity index is 839. The highest BCUT2D eigenvalue weighted by Gasteiger charge is 2.20. The number of halogens is 2. The van der Waals surface area contributed by atoms with E-state index < -0.39 is 11.6 Å². The maximum Gasteiger partial charge on any atom is 0.163 e. The number of rotatable bonds is 4. The molecule has 3 aromatic rings. The second-order valence-corrected chi connectivity index (χ2v) is 7.46. The highest BCUT2D eigenvalue weighted by molar-refractivity contribution is 7.18. The molecule has 0 spiro atoms. The molecule has 0 unspecified atom stereocenters. The summed E-state index contributed by atoms with van der Waals surface area (Å²) in [5.74, 6) is -1.49. The van der Waals surface area contributed by atoms with Crippen LogP contribution in [0, 0.1) is 11.6 Å². The lowest BCUT2D eigenvalue weighted by Crippen LogP contribution is -2.45. The lowest BCUT2D eigenvalue weighted by molar-refractivity contribution is 0.121. The fourth-order valence-corrected chi connectivity index (χ4v) is 4.21. The smallest absolute Gasteiger partial charge is 0.163 e. The van der Waals surface area contributed by atoms with Crippen molar-refractivity contribution in [1.82, 2.24) is 14.8 Å². The van der Waals surface area contributed by atoms with Crippen LogP contribution in [-0.2, 0) is 13.1 Å². The predicted octanol–water partition coefficient (Wildman–Crippen LogP) is 3.89. The molecular weight excluding hydrogens is 340 g/mol. The van der Waals surface area contributed by atoms with E-state index in [9.17, 15) is 8.78 Å². The number of fused-ring (bicyclic) bond motifs is 1. The van der Waals surface area contributed by atoms with E-state index in [2.05, 4.69) is 20.9 Å². The first kappa shape index (κ1) is 16.6. The van der Waals surface area contributed by atoms with Gasteiger partial charge >= 0.3 is 0 Å². The number of hydrogen-bond donors (Lipinski definition) is 0. The Hall–Kier alpha value is -1.89. The van der Waals surface area contributed by atoms with E-state index in [-0.39, 0.29) is 0 Å². The van der Waals surface area contributed by atoms with Gasteiger partial charge in [-0.05, 0) is 18.2 Å². The van der Waals surface area contributed by atoms with Crippen molar-refractivity contribution in [2.75, 3.05) is 26.2 Å². The zero-order valence-corrected chi connectivity index (χ0v) is 14.6. The molecule has 1 aliphatic heterocycles. The van der Waals surface area contributed by atoms with Gasteiger partial charge in [0.2, 0.25) is 0 Å². The molecule has 4 rings (SSSR count). The molecule has 0 saturated carbocycles. The Morgan fingerprint density at radius 2 is 1.60 bits per heavy atom. The molecule has 0 N–H and O–H groups in total. The van der Waals surface area contributed by atoms with E-state index >= 15 is 0 Å². The maximum absolute atomic E-state index is 13.8. The molecule has 25 heavy (non-hydrogen) atoms. The number of benzene rings is 2. The van der Waals surface area contributed by atoms with Crippen molar-refractivity contribution in [3.8, 4) is 0 Å². The maximum atomic E-state index is 13.8. The van der Waals surface area contributed by atoms with Gasteiger partial charge in [0.05, 0.1) is 16.8 Å². The molecule has 1 aromatic heterocycles. The van der Waals surface area contributed by atoms with Gasteiger partial charge < -0.3 is 0 Å². The van der Waals surface area contributed by atoms with Gasteiger partial charge in [0.25, 0.3) is 0 Å². The third-order valence-corrected chi connectivity index (χ3v) is 5.61. The molecule has 0 atom stereocenters. The van der Waals surface area contributed by atoms with Crippen molar-refractivity contribution in [3.05, 3.63) is 64.7 Å². The van der Waals surface area contributed by atoms with E-state index in [0.717, 1.165) is 49.3 Å². The average Bonchev–Trinajstić information content (AvgIpc) is 3.03. The number of para-hydroxylation sites is 1. The minimum absolute atomic E-state index is 0.430. The van der Waals surface area contributed by atoms with Crippen molar-refractivity contribution in [2.45, 2.75) is 13.1 Å². The van der Waals surface area contributed by atoms with E-state index in [1.54, 1.807) is 23.5 Å². The number of aromatic nitrogens is 1. The van der Waals surface area contributed by atoms with E-state index in [0.29, 0.717) is 12.1 Å². The number of nitrogens with zero attached hydrogens (tertiary/aromatic N) is 3. The van der Waals surface area contributed by atoms with Gasteiger partial charge in [0, 0.05) is 38.3 Å². The first-order valence-electron chi connectivity index (χ1n) is 8.41. The molecule has 0 radical (unpaired) electrons. The van der Waals surface area contributed by atoms with E-state index in [1.807, 2.05) is 18.2 Å². The van der Waals surface area contributed by atoms with Crippen LogP contribution in [0.15, 0.2) is 42.5 Å². The van der Waals surface area contributed by atoms with Crippen molar-refractivity contribution < 1.29 is 8.78 Å². The average molecular weight is 359 g/mol. The fraction of sp³-hybridized carbons (Fsp3) is 0.316. The summed E-state index contributed by atoms with van der Waals surface area (Å²) in [6.45, 7) is 4.82. The summed E-state index contributed by atoms with van der Waals surface area (Å²) in [5.41, 5.74) is 1.49. The van der Waals surface area contributed by atoms with E-state index in [1.165, 1.54) is 4.70 Å². The summed E-state index contributed by atoms with van der Waals surface area (Å²) in [5, 5.41) is 1.13. The Balaban J connectivity index is 1.34. The zero-order chi connectivity index (χ0) is 17.2. The summed E-state index contributed by atoms with van der Waals surface area (Å²) in [7, 11) is 0. The van der Waals surface area contributed by atoms with Gasteiger partial charge in [0.1, 0.15) is 5.01 Å². The van der Waals surface area contributed by atoms with Crippen LogP contribution >= 0.6 is 11.3 Å². The minimum Gasteiger partial charge on any atom is -0.296 e. The van der Waals surface area contributed by atoms with Gasteiger partial charge in [-0.25, -0.2) is 13.8 Å². The molecule has 130 valence electrons. The molecular formula is C19H19F2N3S. The second-order valence-electron chi connectivity index (χ2n) is 6.34. The van der Waals surface area contributed by atoms with Gasteiger partial charge in [-0.15, -0.1) is 11.3 Å². The Labute approximate surface area is 149 Å². The summed E-state index contributed by atoms with van der Waals surface area (Å²) in [6, 6.07) is 12.6. The molecule has 1 saturated heterocycles. The normalized spacial score (nSPS) is 16.6. The first-order chi connectivity index (χ1) is 12.2. The molecule has 2 aromatic carbocycles. The molecule has 0 aliphatic carbocycles. The second kappa shape index (κ2) is 7.15. The minimum atomic E-state index is -0.771. The van der Waals surface area contributed by atoms with Crippen LogP contribution in [-0.4, -0.2) is 41.0 Å². The molecule has 3 nitrogen and oxygen atoms in total.